The molecule has 0 saturated carbocycles. The van der Waals surface area contributed by atoms with Crippen molar-refractivity contribution < 1.29 is 4.57 Å². The maximum absolute atomic E-state index is 4.24. The Balaban J connectivity index is 1.81. The van der Waals surface area contributed by atoms with E-state index in [0.29, 0.717) is 0 Å². The number of hydrogen-bond acceptors (Lipinski definition) is 1. The van der Waals surface area contributed by atoms with Gasteiger partial charge in [0.2, 0.25) is 5.69 Å². The Bertz CT molecular complexity index is 949. The van der Waals surface area contributed by atoms with Gasteiger partial charge in [0.15, 0.2) is 12.7 Å². The molecule has 120 valence electrons. The summed E-state index contributed by atoms with van der Waals surface area (Å²) < 4.78 is 2.28. The minimum atomic E-state index is 0.799. The number of rotatable bonds is 4. The molecular weight excluding hydrogens is 304 g/mol. The monoisotopic (exact) mass is 323 g/mol. The van der Waals surface area contributed by atoms with Gasteiger partial charge in [0.25, 0.3) is 0 Å². The van der Waals surface area contributed by atoms with E-state index in [1.165, 1.54) is 27.9 Å². The number of benzene rings is 2. The third kappa shape index (κ3) is 3.48. The molecule has 0 saturated heterocycles. The zero-order chi connectivity index (χ0) is 16.9. The second-order valence-electron chi connectivity index (χ2n) is 6.02. The molecule has 0 aliphatic heterocycles. The molecule has 0 atom stereocenters. The Hall–Kier alpha value is -3.26. The fourth-order valence-electron chi connectivity index (χ4n) is 3.02. The fraction of sp³-hybridized carbons (Fsp3) is 0.0435. The molecule has 0 spiro atoms. The van der Waals surface area contributed by atoms with E-state index in [1.807, 2.05) is 24.5 Å². The molecule has 25 heavy (non-hydrogen) atoms. The summed E-state index contributed by atoms with van der Waals surface area (Å²) in [6.07, 6.45) is 5.90. The summed E-state index contributed by atoms with van der Waals surface area (Å²) in [5.41, 5.74) is 6.06. The van der Waals surface area contributed by atoms with Gasteiger partial charge in [0.05, 0.1) is 0 Å². The number of pyridine rings is 2. The van der Waals surface area contributed by atoms with Crippen LogP contribution in [0.5, 0.6) is 0 Å². The second-order valence-corrected chi connectivity index (χ2v) is 6.02. The topological polar surface area (TPSA) is 16.8 Å². The Kier molecular flexibility index (Phi) is 4.34. The zero-order valence-corrected chi connectivity index (χ0v) is 13.9. The highest BCUT2D eigenvalue weighted by Crippen LogP contribution is 2.23. The Labute approximate surface area is 148 Å². The van der Waals surface area contributed by atoms with Gasteiger partial charge < -0.3 is 0 Å². The molecule has 0 aliphatic carbocycles. The standard InChI is InChI=1S/C23H19N2/c1-3-9-20(10-4-1)22-13-15-25(18-19-8-7-14-24-17-19)23(16-22)21-11-5-2-6-12-21/h1-17H,18H2/q+1. The van der Waals surface area contributed by atoms with Crippen LogP contribution >= 0.6 is 0 Å². The number of nitrogens with zero attached hydrogens (tertiary/aromatic N) is 2. The highest BCUT2D eigenvalue weighted by atomic mass is 15.0. The van der Waals surface area contributed by atoms with Gasteiger partial charge in [-0.1, -0.05) is 48.5 Å². The van der Waals surface area contributed by atoms with Crippen LogP contribution in [0, 0.1) is 0 Å². The molecule has 2 aromatic carbocycles. The van der Waals surface area contributed by atoms with E-state index in [2.05, 4.69) is 88.5 Å². The molecule has 4 aromatic rings. The second kappa shape index (κ2) is 7.10. The summed E-state index contributed by atoms with van der Waals surface area (Å²) in [5.74, 6) is 0. The van der Waals surface area contributed by atoms with Crippen molar-refractivity contribution in [1.82, 2.24) is 4.98 Å². The van der Waals surface area contributed by atoms with Crippen LogP contribution < -0.4 is 4.57 Å². The molecule has 0 bridgehead atoms. The van der Waals surface area contributed by atoms with Gasteiger partial charge in [0.1, 0.15) is 0 Å². The van der Waals surface area contributed by atoms with Gasteiger partial charge in [-0.25, -0.2) is 0 Å². The van der Waals surface area contributed by atoms with Crippen molar-refractivity contribution >= 4 is 0 Å². The lowest BCUT2D eigenvalue weighted by molar-refractivity contribution is -0.677. The van der Waals surface area contributed by atoms with Gasteiger partial charge in [0, 0.05) is 35.7 Å². The predicted molar refractivity (Wildman–Crippen MR) is 101 cm³/mol. The van der Waals surface area contributed by atoms with Crippen LogP contribution in [0.2, 0.25) is 0 Å². The Morgan fingerprint density at radius 1 is 0.680 bits per heavy atom. The van der Waals surface area contributed by atoms with Crippen molar-refractivity contribution in [2.24, 2.45) is 0 Å². The maximum atomic E-state index is 4.24. The summed E-state index contributed by atoms with van der Waals surface area (Å²) in [7, 11) is 0. The van der Waals surface area contributed by atoms with E-state index < -0.39 is 0 Å². The molecule has 0 aliphatic rings. The zero-order valence-electron chi connectivity index (χ0n) is 13.9. The summed E-state index contributed by atoms with van der Waals surface area (Å²) >= 11 is 0. The SMILES string of the molecule is c1ccc(-c2cc[n+](Cc3cccnc3)c(-c3ccccc3)c2)cc1. The highest BCUT2D eigenvalue weighted by molar-refractivity contribution is 5.68. The normalized spacial score (nSPS) is 10.6. The van der Waals surface area contributed by atoms with Gasteiger partial charge >= 0.3 is 0 Å². The van der Waals surface area contributed by atoms with Crippen molar-refractivity contribution in [3.05, 3.63) is 109 Å². The minimum absolute atomic E-state index is 0.799. The molecule has 2 nitrogen and oxygen atoms in total. The Morgan fingerprint density at radius 3 is 2.08 bits per heavy atom. The van der Waals surface area contributed by atoms with E-state index >= 15 is 0 Å². The average Bonchev–Trinajstić information content (AvgIpc) is 2.70. The van der Waals surface area contributed by atoms with Crippen LogP contribution in [-0.2, 0) is 6.54 Å². The molecule has 0 unspecified atom stereocenters. The van der Waals surface area contributed by atoms with Gasteiger partial charge in [-0.3, -0.25) is 4.98 Å². The van der Waals surface area contributed by atoms with Crippen LogP contribution in [-0.4, -0.2) is 4.98 Å². The van der Waals surface area contributed by atoms with Crippen molar-refractivity contribution in [2.45, 2.75) is 6.54 Å². The fourth-order valence-corrected chi connectivity index (χ4v) is 3.02. The lowest BCUT2D eigenvalue weighted by atomic mass is 10.0. The third-order valence-electron chi connectivity index (χ3n) is 4.29. The molecule has 0 N–H and O–H groups in total. The highest BCUT2D eigenvalue weighted by Gasteiger charge is 2.15. The predicted octanol–water partition coefficient (Wildman–Crippen LogP) is 4.75. The molecule has 0 fully saturated rings. The number of aromatic nitrogens is 2. The van der Waals surface area contributed by atoms with Crippen LogP contribution in [0.3, 0.4) is 0 Å². The van der Waals surface area contributed by atoms with Crippen molar-refractivity contribution in [3.8, 4) is 22.4 Å². The van der Waals surface area contributed by atoms with Crippen LogP contribution in [0.25, 0.3) is 22.4 Å². The third-order valence-corrected chi connectivity index (χ3v) is 4.29. The first kappa shape index (κ1) is 15.3. The van der Waals surface area contributed by atoms with E-state index in [9.17, 15) is 0 Å². The molecule has 2 heterocycles. The molecule has 2 aromatic heterocycles. The largest absolute Gasteiger partial charge is 0.264 e. The molecule has 0 amide bonds. The molecule has 2 heteroatoms. The lowest BCUT2D eigenvalue weighted by Gasteiger charge is -2.08. The van der Waals surface area contributed by atoms with Crippen molar-refractivity contribution in [1.29, 1.82) is 0 Å². The summed E-state index contributed by atoms with van der Waals surface area (Å²) in [4.78, 5) is 4.24. The summed E-state index contributed by atoms with van der Waals surface area (Å²) in [5, 5.41) is 0. The quantitative estimate of drug-likeness (QED) is 0.495. The molecule has 0 radical (unpaired) electrons. The first-order chi connectivity index (χ1) is 12.4. The van der Waals surface area contributed by atoms with E-state index in [4.69, 9.17) is 0 Å². The van der Waals surface area contributed by atoms with Gasteiger partial charge in [-0.15, -0.1) is 0 Å². The van der Waals surface area contributed by atoms with Crippen LogP contribution in [0.4, 0.5) is 0 Å². The van der Waals surface area contributed by atoms with Crippen LogP contribution in [0.15, 0.2) is 104 Å². The maximum Gasteiger partial charge on any atom is 0.213 e. The molecule has 4 rings (SSSR count). The first-order valence-corrected chi connectivity index (χ1v) is 8.43. The summed E-state index contributed by atoms with van der Waals surface area (Å²) in [6, 6.07) is 29.6. The number of hydrogen-bond donors (Lipinski definition) is 0. The van der Waals surface area contributed by atoms with Gasteiger partial charge in [-0.05, 0) is 35.4 Å². The van der Waals surface area contributed by atoms with Crippen molar-refractivity contribution in [2.75, 3.05) is 0 Å². The van der Waals surface area contributed by atoms with Crippen LogP contribution in [0.1, 0.15) is 5.56 Å². The minimum Gasteiger partial charge on any atom is -0.264 e. The average molecular weight is 323 g/mol. The summed E-state index contributed by atoms with van der Waals surface area (Å²) in [6.45, 7) is 0.799. The lowest BCUT2D eigenvalue weighted by Crippen LogP contribution is -2.36. The van der Waals surface area contributed by atoms with E-state index in [1.54, 1.807) is 0 Å². The van der Waals surface area contributed by atoms with Crippen molar-refractivity contribution in [3.63, 3.8) is 0 Å². The smallest absolute Gasteiger partial charge is 0.213 e. The van der Waals surface area contributed by atoms with Gasteiger partial charge in [-0.2, -0.15) is 4.57 Å². The Morgan fingerprint density at radius 2 is 1.40 bits per heavy atom. The van der Waals surface area contributed by atoms with E-state index in [-0.39, 0.29) is 0 Å². The first-order valence-electron chi connectivity index (χ1n) is 8.43. The molecular formula is C23H19N2+. The van der Waals surface area contributed by atoms with E-state index in [0.717, 1.165) is 6.54 Å².